The predicted molar refractivity (Wildman–Crippen MR) is 147 cm³/mol. The fraction of sp³-hybridized carbons (Fsp3) is 0.310. The predicted octanol–water partition coefficient (Wildman–Crippen LogP) is 5.78. The number of amides is 1. The van der Waals surface area contributed by atoms with Gasteiger partial charge >= 0.3 is 0 Å². The maximum absolute atomic E-state index is 16.5. The number of nitriles is 1. The van der Waals surface area contributed by atoms with E-state index in [-0.39, 0.29) is 22.5 Å². The first-order valence-electron chi connectivity index (χ1n) is 12.7. The van der Waals surface area contributed by atoms with Crippen LogP contribution < -0.4 is 4.90 Å². The van der Waals surface area contributed by atoms with Crippen LogP contribution in [0.3, 0.4) is 0 Å². The first-order valence-corrected chi connectivity index (χ1v) is 13.1. The number of pyridine rings is 1. The van der Waals surface area contributed by atoms with Crippen LogP contribution >= 0.6 is 11.6 Å². The zero-order valence-corrected chi connectivity index (χ0v) is 22.0. The fourth-order valence-electron chi connectivity index (χ4n) is 5.66. The summed E-state index contributed by atoms with van der Waals surface area (Å²) in [6.07, 6.45) is 6.64. The Morgan fingerprint density at radius 2 is 2.05 bits per heavy atom. The second-order valence-electron chi connectivity index (χ2n) is 10.1. The number of rotatable bonds is 4. The Labute approximate surface area is 224 Å². The molecule has 7 nitrogen and oxygen atoms in total. The van der Waals surface area contributed by atoms with Crippen LogP contribution in [0.5, 0.6) is 0 Å². The van der Waals surface area contributed by atoms with Gasteiger partial charge in [-0.2, -0.15) is 10.4 Å². The summed E-state index contributed by atoms with van der Waals surface area (Å²) in [5.41, 5.74) is 3.85. The van der Waals surface area contributed by atoms with Crippen molar-refractivity contribution < 1.29 is 9.18 Å². The number of nitrogens with zero attached hydrogens (tertiary/aromatic N) is 6. The van der Waals surface area contributed by atoms with Crippen molar-refractivity contribution >= 4 is 45.0 Å². The van der Waals surface area contributed by atoms with Gasteiger partial charge in [0.2, 0.25) is 5.91 Å². The molecular formula is C29H26ClFN6O. The first-order chi connectivity index (χ1) is 18.3. The van der Waals surface area contributed by atoms with Crippen LogP contribution in [-0.2, 0) is 4.79 Å². The van der Waals surface area contributed by atoms with E-state index in [1.54, 1.807) is 11.0 Å². The fourth-order valence-corrected chi connectivity index (χ4v) is 5.95. The standard InChI is InChI=1S/C29H26ClFN6O/c1-4-23(38)36-10-9-35(15-17(36)3)28-19(12-32)13-33-27-21(28)11-22(30)25(26(27)31)24-16(2)5-6-18-14-34-37(29(18)24)20-7-8-20/h4-6,11,13-14,17,20H,1,7-10,15H2,2-3H3/t17-/m1/s1. The lowest BCUT2D eigenvalue weighted by atomic mass is 9.95. The Morgan fingerprint density at radius 3 is 2.74 bits per heavy atom. The average Bonchev–Trinajstić information content (AvgIpc) is 3.67. The summed E-state index contributed by atoms with van der Waals surface area (Å²) in [5.74, 6) is -0.656. The van der Waals surface area contributed by atoms with Crippen molar-refractivity contribution in [3.05, 3.63) is 65.2 Å². The van der Waals surface area contributed by atoms with Crippen LogP contribution in [-0.4, -0.2) is 51.2 Å². The molecule has 0 spiro atoms. The number of halogens is 2. The highest BCUT2D eigenvalue weighted by atomic mass is 35.5. The van der Waals surface area contributed by atoms with Crippen LogP contribution in [0.2, 0.25) is 5.02 Å². The first kappa shape index (κ1) is 24.4. The normalized spacial score (nSPS) is 17.7. The molecule has 2 fully saturated rings. The Hall–Kier alpha value is -3.96. The zero-order chi connectivity index (χ0) is 26.7. The van der Waals surface area contributed by atoms with E-state index in [2.05, 4.69) is 22.7 Å². The Morgan fingerprint density at radius 1 is 1.26 bits per heavy atom. The highest BCUT2D eigenvalue weighted by Crippen LogP contribution is 2.45. The summed E-state index contributed by atoms with van der Waals surface area (Å²) in [7, 11) is 0. The lowest BCUT2D eigenvalue weighted by Gasteiger charge is -2.41. The Balaban J connectivity index is 1.54. The highest BCUT2D eigenvalue weighted by molar-refractivity contribution is 6.35. The number of fused-ring (bicyclic) bond motifs is 2. The third-order valence-corrected chi connectivity index (χ3v) is 7.96. The third-order valence-electron chi connectivity index (χ3n) is 7.66. The van der Waals surface area contributed by atoms with Gasteiger partial charge in [0.1, 0.15) is 11.6 Å². The lowest BCUT2D eigenvalue weighted by Crippen LogP contribution is -2.53. The maximum Gasteiger partial charge on any atom is 0.246 e. The van der Waals surface area contributed by atoms with Gasteiger partial charge in [0, 0.05) is 53.8 Å². The van der Waals surface area contributed by atoms with Crippen molar-refractivity contribution in [1.82, 2.24) is 19.7 Å². The molecule has 1 saturated carbocycles. The van der Waals surface area contributed by atoms with Crippen LogP contribution in [0.1, 0.15) is 36.9 Å². The molecule has 0 bridgehead atoms. The van der Waals surface area contributed by atoms with E-state index in [4.69, 9.17) is 11.6 Å². The molecular weight excluding hydrogens is 503 g/mol. The molecule has 1 aliphatic carbocycles. The number of benzene rings is 2. The van der Waals surface area contributed by atoms with Gasteiger partial charge in [-0.15, -0.1) is 0 Å². The SMILES string of the molecule is C=CC(=O)N1CCN(c2c(C#N)cnc3c(F)c(-c4c(C)ccc5cnn(C6CC6)c45)c(Cl)cc23)C[C@H]1C. The molecule has 2 aromatic heterocycles. The average molecular weight is 529 g/mol. The number of aryl methyl sites for hydroxylation is 1. The molecule has 4 aromatic rings. The van der Waals surface area contributed by atoms with Crippen molar-refractivity contribution in [1.29, 1.82) is 5.26 Å². The molecule has 0 unspecified atom stereocenters. The van der Waals surface area contributed by atoms with Gasteiger partial charge in [-0.3, -0.25) is 14.5 Å². The summed E-state index contributed by atoms with van der Waals surface area (Å²) in [6, 6.07) is 8.08. The quantitative estimate of drug-likeness (QED) is 0.314. The summed E-state index contributed by atoms with van der Waals surface area (Å²) in [6.45, 7) is 8.91. The summed E-state index contributed by atoms with van der Waals surface area (Å²) < 4.78 is 18.5. The molecule has 192 valence electrons. The smallest absolute Gasteiger partial charge is 0.246 e. The molecule has 1 atom stereocenters. The zero-order valence-electron chi connectivity index (χ0n) is 21.2. The van der Waals surface area contributed by atoms with Crippen molar-refractivity contribution in [2.45, 2.75) is 38.8 Å². The molecule has 0 N–H and O–H groups in total. The number of carbonyl (C=O) groups excluding carboxylic acids is 1. The largest absolute Gasteiger partial charge is 0.366 e. The molecule has 2 aliphatic rings. The van der Waals surface area contributed by atoms with Crippen molar-refractivity contribution in [3.8, 4) is 17.2 Å². The molecule has 1 saturated heterocycles. The van der Waals surface area contributed by atoms with Crippen molar-refractivity contribution in [2.24, 2.45) is 0 Å². The Kier molecular flexibility index (Phi) is 5.84. The van der Waals surface area contributed by atoms with Gasteiger partial charge in [-0.05, 0) is 44.4 Å². The molecule has 6 rings (SSSR count). The van der Waals surface area contributed by atoms with Gasteiger partial charge in [0.05, 0.1) is 34.0 Å². The van der Waals surface area contributed by atoms with Gasteiger partial charge in [-0.1, -0.05) is 30.3 Å². The van der Waals surface area contributed by atoms with E-state index >= 15 is 4.39 Å². The van der Waals surface area contributed by atoms with E-state index in [1.807, 2.05) is 41.8 Å². The van der Waals surface area contributed by atoms with Gasteiger partial charge < -0.3 is 9.80 Å². The summed E-state index contributed by atoms with van der Waals surface area (Å²) in [4.78, 5) is 20.4. The second-order valence-corrected chi connectivity index (χ2v) is 10.5. The van der Waals surface area contributed by atoms with E-state index in [0.717, 1.165) is 29.3 Å². The van der Waals surface area contributed by atoms with Gasteiger partial charge in [-0.25, -0.2) is 4.39 Å². The maximum atomic E-state index is 16.5. The molecule has 1 amide bonds. The molecule has 3 heterocycles. The lowest BCUT2D eigenvalue weighted by molar-refractivity contribution is -0.128. The molecule has 2 aromatic carbocycles. The number of aromatic nitrogens is 3. The van der Waals surface area contributed by atoms with Crippen LogP contribution in [0.25, 0.3) is 32.9 Å². The van der Waals surface area contributed by atoms with E-state index in [0.29, 0.717) is 53.4 Å². The summed E-state index contributed by atoms with van der Waals surface area (Å²) >= 11 is 6.89. The molecule has 38 heavy (non-hydrogen) atoms. The number of piperazine rings is 1. The van der Waals surface area contributed by atoms with Crippen LogP contribution in [0.4, 0.5) is 10.1 Å². The summed E-state index contributed by atoms with van der Waals surface area (Å²) in [5, 5.41) is 16.2. The third kappa shape index (κ3) is 3.72. The number of hydrogen-bond donors (Lipinski definition) is 0. The Bertz CT molecular complexity index is 1680. The minimum Gasteiger partial charge on any atom is -0.366 e. The molecule has 1 aliphatic heterocycles. The number of hydrogen-bond acceptors (Lipinski definition) is 5. The van der Waals surface area contributed by atoms with Crippen molar-refractivity contribution in [2.75, 3.05) is 24.5 Å². The van der Waals surface area contributed by atoms with E-state index in [1.165, 1.54) is 12.3 Å². The number of carbonyl (C=O) groups is 1. The second kappa shape index (κ2) is 9.10. The van der Waals surface area contributed by atoms with E-state index < -0.39 is 5.82 Å². The highest BCUT2D eigenvalue weighted by Gasteiger charge is 2.31. The van der Waals surface area contributed by atoms with Gasteiger partial charge in [0.25, 0.3) is 0 Å². The van der Waals surface area contributed by atoms with Crippen LogP contribution in [0.15, 0.2) is 43.2 Å². The molecule has 0 radical (unpaired) electrons. The topological polar surface area (TPSA) is 78.1 Å². The minimum atomic E-state index is -0.522. The van der Waals surface area contributed by atoms with Crippen LogP contribution in [0, 0.1) is 24.1 Å². The monoisotopic (exact) mass is 528 g/mol. The number of anilines is 1. The molecule has 9 heteroatoms. The van der Waals surface area contributed by atoms with Gasteiger partial charge in [0.15, 0.2) is 5.82 Å². The minimum absolute atomic E-state index is 0.119. The van der Waals surface area contributed by atoms with Crippen molar-refractivity contribution in [3.63, 3.8) is 0 Å². The van der Waals surface area contributed by atoms with E-state index in [9.17, 15) is 10.1 Å².